The second-order valence-corrected chi connectivity index (χ2v) is 5.12. The Kier molecular flexibility index (Phi) is 4.81. The molecule has 124 valence electrons. The fourth-order valence-electron chi connectivity index (χ4n) is 2.11. The van der Waals surface area contributed by atoms with Crippen molar-refractivity contribution in [2.45, 2.75) is 6.10 Å². The lowest BCUT2D eigenvalue weighted by atomic mass is 10.2. The van der Waals surface area contributed by atoms with Gasteiger partial charge in [-0.15, -0.1) is 0 Å². The third-order valence-corrected chi connectivity index (χ3v) is 3.38. The van der Waals surface area contributed by atoms with E-state index in [-0.39, 0.29) is 12.2 Å². The molecule has 0 spiro atoms. The van der Waals surface area contributed by atoms with Crippen LogP contribution in [0.5, 0.6) is 0 Å². The first kappa shape index (κ1) is 16.1. The zero-order valence-electron chi connectivity index (χ0n) is 12.5. The Morgan fingerprint density at radius 2 is 2.00 bits per heavy atom. The van der Waals surface area contributed by atoms with Crippen LogP contribution in [0.1, 0.15) is 15.9 Å². The molecule has 0 aliphatic carbocycles. The van der Waals surface area contributed by atoms with E-state index in [0.29, 0.717) is 12.4 Å². The van der Waals surface area contributed by atoms with Gasteiger partial charge in [0.05, 0.1) is 12.1 Å². The molecule has 0 radical (unpaired) electrons. The molecule has 0 saturated carbocycles. The fourth-order valence-corrected chi connectivity index (χ4v) is 2.11. The van der Waals surface area contributed by atoms with Gasteiger partial charge in [-0.1, -0.05) is 30.3 Å². The van der Waals surface area contributed by atoms with Gasteiger partial charge in [0.15, 0.2) is 17.5 Å². The predicted molar refractivity (Wildman–Crippen MR) is 82.5 cm³/mol. The van der Waals surface area contributed by atoms with Crippen LogP contribution in [0.25, 0.3) is 0 Å². The summed E-state index contributed by atoms with van der Waals surface area (Å²) in [6.07, 6.45) is -0.466. The van der Waals surface area contributed by atoms with Gasteiger partial charge in [0.25, 0.3) is 0 Å². The first-order chi connectivity index (χ1) is 11.6. The number of esters is 1. The number of nitrogens with one attached hydrogen (secondary N) is 1. The lowest BCUT2D eigenvalue weighted by Crippen LogP contribution is -2.40. The van der Waals surface area contributed by atoms with E-state index in [1.807, 2.05) is 30.3 Å². The van der Waals surface area contributed by atoms with E-state index in [9.17, 15) is 13.6 Å². The number of carbonyl (C=O) groups excluding carboxylic acids is 1. The van der Waals surface area contributed by atoms with E-state index >= 15 is 0 Å². The molecule has 2 aromatic carbocycles. The van der Waals surface area contributed by atoms with Gasteiger partial charge in [0, 0.05) is 5.56 Å². The van der Waals surface area contributed by atoms with Crippen molar-refractivity contribution in [1.29, 1.82) is 0 Å². The summed E-state index contributed by atoms with van der Waals surface area (Å²) in [5.41, 5.74) is 3.53. The van der Waals surface area contributed by atoms with Crippen molar-refractivity contribution in [3.05, 3.63) is 71.3 Å². The van der Waals surface area contributed by atoms with E-state index in [1.165, 1.54) is 0 Å². The third-order valence-electron chi connectivity index (χ3n) is 3.38. The molecule has 0 saturated heterocycles. The largest absolute Gasteiger partial charge is 0.459 e. The van der Waals surface area contributed by atoms with Crippen LogP contribution in [0, 0.1) is 11.6 Å². The van der Waals surface area contributed by atoms with Gasteiger partial charge >= 0.3 is 5.97 Å². The van der Waals surface area contributed by atoms with Crippen LogP contribution >= 0.6 is 0 Å². The molecule has 1 aliphatic heterocycles. The molecule has 5 nitrogen and oxygen atoms in total. The predicted octanol–water partition coefficient (Wildman–Crippen LogP) is 2.47. The van der Waals surface area contributed by atoms with Crippen molar-refractivity contribution in [2.75, 3.05) is 13.2 Å². The van der Waals surface area contributed by atoms with Crippen LogP contribution in [0.4, 0.5) is 8.78 Å². The number of rotatable bonds is 4. The monoisotopic (exact) mass is 332 g/mol. The Hall–Kier alpha value is -2.80. The van der Waals surface area contributed by atoms with Crippen LogP contribution in [0.15, 0.2) is 53.5 Å². The summed E-state index contributed by atoms with van der Waals surface area (Å²) in [5, 5.41) is 0. The normalized spacial score (nSPS) is 16.9. The molecule has 0 unspecified atom stereocenters. The molecule has 2 aromatic rings. The van der Waals surface area contributed by atoms with Crippen LogP contribution in [0.3, 0.4) is 0 Å². The van der Waals surface area contributed by atoms with Crippen LogP contribution < -0.4 is 5.48 Å². The van der Waals surface area contributed by atoms with Gasteiger partial charge in [-0.3, -0.25) is 9.83 Å². The highest BCUT2D eigenvalue weighted by atomic mass is 19.2. The first-order valence-corrected chi connectivity index (χ1v) is 7.27. The number of nitrogens with zero attached hydrogens (tertiary/aromatic N) is 1. The highest BCUT2D eigenvalue weighted by Gasteiger charge is 2.20. The topological polar surface area (TPSA) is 59.9 Å². The average Bonchev–Trinajstić information content (AvgIpc) is 2.63. The minimum Gasteiger partial charge on any atom is -0.459 e. The van der Waals surface area contributed by atoms with Crippen molar-refractivity contribution in [1.82, 2.24) is 5.48 Å². The zero-order valence-corrected chi connectivity index (χ0v) is 12.5. The van der Waals surface area contributed by atoms with Crippen molar-refractivity contribution in [3.63, 3.8) is 0 Å². The number of hydroxylamine groups is 1. The van der Waals surface area contributed by atoms with E-state index in [1.54, 1.807) is 0 Å². The molecule has 1 heterocycles. The molecule has 7 heteroatoms. The molecule has 3 rings (SSSR count). The van der Waals surface area contributed by atoms with Crippen LogP contribution in [-0.2, 0) is 9.57 Å². The third kappa shape index (κ3) is 3.75. The number of benzene rings is 2. The quantitative estimate of drug-likeness (QED) is 0.874. The molecule has 0 aromatic heterocycles. The smallest absolute Gasteiger partial charge is 0.338 e. The number of amidine groups is 1. The first-order valence-electron chi connectivity index (χ1n) is 7.27. The molecule has 0 fully saturated rings. The Balaban J connectivity index is 1.54. The minimum absolute atomic E-state index is 0.0591. The SMILES string of the molecule is O=C(OC[C@@H]1CN=C(c2ccccc2)NO1)c1ccc(F)c(F)c1. The molecular formula is C17H14F2N2O3. The van der Waals surface area contributed by atoms with Gasteiger partial charge in [0.1, 0.15) is 12.7 Å². The summed E-state index contributed by atoms with van der Waals surface area (Å²) in [4.78, 5) is 21.5. The lowest BCUT2D eigenvalue weighted by Gasteiger charge is -2.22. The number of carbonyl (C=O) groups is 1. The van der Waals surface area contributed by atoms with E-state index in [2.05, 4.69) is 10.5 Å². The molecular weight excluding hydrogens is 318 g/mol. The second kappa shape index (κ2) is 7.18. The number of ether oxygens (including phenoxy) is 1. The number of hydrogen-bond donors (Lipinski definition) is 1. The van der Waals surface area contributed by atoms with E-state index in [0.717, 1.165) is 23.8 Å². The number of hydrogen-bond acceptors (Lipinski definition) is 5. The molecule has 0 amide bonds. The van der Waals surface area contributed by atoms with Gasteiger partial charge in [-0.05, 0) is 18.2 Å². The Bertz CT molecular complexity index is 766. The van der Waals surface area contributed by atoms with Crippen molar-refractivity contribution in [2.24, 2.45) is 4.99 Å². The summed E-state index contributed by atoms with van der Waals surface area (Å²) < 4.78 is 31.0. The number of halogens is 2. The Morgan fingerprint density at radius 1 is 1.21 bits per heavy atom. The lowest BCUT2D eigenvalue weighted by molar-refractivity contribution is -0.0349. The van der Waals surface area contributed by atoms with Crippen molar-refractivity contribution >= 4 is 11.8 Å². The summed E-state index contributed by atoms with van der Waals surface area (Å²) in [7, 11) is 0. The summed E-state index contributed by atoms with van der Waals surface area (Å²) >= 11 is 0. The van der Waals surface area contributed by atoms with Crippen molar-refractivity contribution < 1.29 is 23.1 Å². The highest BCUT2D eigenvalue weighted by Crippen LogP contribution is 2.11. The van der Waals surface area contributed by atoms with E-state index < -0.39 is 23.7 Å². The van der Waals surface area contributed by atoms with E-state index in [4.69, 9.17) is 9.57 Å². The molecule has 0 bridgehead atoms. The van der Waals surface area contributed by atoms with Gasteiger partial charge in [-0.2, -0.15) is 0 Å². The average molecular weight is 332 g/mol. The van der Waals surface area contributed by atoms with Crippen LogP contribution in [0.2, 0.25) is 0 Å². The van der Waals surface area contributed by atoms with Gasteiger partial charge in [0.2, 0.25) is 0 Å². The molecule has 24 heavy (non-hydrogen) atoms. The zero-order chi connectivity index (χ0) is 16.9. The Morgan fingerprint density at radius 3 is 2.67 bits per heavy atom. The standard InChI is InChI=1S/C17H14F2N2O3/c18-14-7-6-12(8-15(14)19)17(22)23-10-13-9-20-16(21-24-13)11-4-2-1-3-5-11/h1-8,13H,9-10H2,(H,20,21)/t13-/m0/s1. The van der Waals surface area contributed by atoms with Gasteiger partial charge in [-0.25, -0.2) is 19.1 Å². The maximum absolute atomic E-state index is 13.1. The summed E-state index contributed by atoms with van der Waals surface area (Å²) in [6.45, 7) is 0.249. The fraction of sp³-hybridized carbons (Fsp3) is 0.176. The van der Waals surface area contributed by atoms with Gasteiger partial charge < -0.3 is 4.74 Å². The minimum atomic E-state index is -1.10. The highest BCUT2D eigenvalue weighted by molar-refractivity contribution is 5.98. The molecule has 1 atom stereocenters. The van der Waals surface area contributed by atoms with Crippen molar-refractivity contribution in [3.8, 4) is 0 Å². The number of aliphatic imine (C=N–C) groups is 1. The second-order valence-electron chi connectivity index (χ2n) is 5.12. The summed E-state index contributed by atoms with van der Waals surface area (Å²) in [6, 6.07) is 12.3. The maximum Gasteiger partial charge on any atom is 0.338 e. The summed E-state index contributed by atoms with van der Waals surface area (Å²) in [5.74, 6) is -2.28. The maximum atomic E-state index is 13.1. The molecule has 1 N–H and O–H groups in total. The van der Waals surface area contributed by atoms with Crippen LogP contribution in [-0.4, -0.2) is 31.1 Å². The Labute approximate surface area is 136 Å². The molecule has 1 aliphatic rings.